The molecule has 5 nitrogen and oxygen atoms in total. The van der Waals surface area contributed by atoms with Crippen LogP contribution in [0.3, 0.4) is 0 Å². The minimum atomic E-state index is 0.279. The van der Waals surface area contributed by atoms with E-state index in [9.17, 15) is 4.79 Å². The van der Waals surface area contributed by atoms with Crippen LogP contribution in [0.5, 0.6) is 0 Å². The molecule has 3 heterocycles. The number of hydrogen-bond donors (Lipinski definition) is 0. The van der Waals surface area contributed by atoms with E-state index in [0.717, 1.165) is 54.1 Å². The van der Waals surface area contributed by atoms with E-state index in [0.29, 0.717) is 18.4 Å². The molecular weight excluding hydrogens is 300 g/mol. The molecule has 0 aromatic carbocycles. The highest BCUT2D eigenvalue weighted by Gasteiger charge is 2.30. The van der Waals surface area contributed by atoms with Crippen LogP contribution in [0.25, 0.3) is 5.65 Å². The van der Waals surface area contributed by atoms with Crippen molar-refractivity contribution in [3.05, 3.63) is 28.7 Å². The van der Waals surface area contributed by atoms with E-state index in [1.165, 1.54) is 0 Å². The van der Waals surface area contributed by atoms with Crippen molar-refractivity contribution in [1.82, 2.24) is 19.5 Å². The van der Waals surface area contributed by atoms with E-state index in [1.807, 2.05) is 24.4 Å². The molecule has 2 aromatic rings. The number of amides is 1. The summed E-state index contributed by atoms with van der Waals surface area (Å²) >= 11 is 0. The summed E-state index contributed by atoms with van der Waals surface area (Å²) in [6.07, 6.45) is 3.56. The van der Waals surface area contributed by atoms with Gasteiger partial charge in [0.25, 0.3) is 0 Å². The van der Waals surface area contributed by atoms with Crippen LogP contribution in [0, 0.1) is 26.7 Å². The van der Waals surface area contributed by atoms with Gasteiger partial charge in [0.15, 0.2) is 5.65 Å². The van der Waals surface area contributed by atoms with Crippen molar-refractivity contribution < 1.29 is 4.79 Å². The predicted octanol–water partition coefficient (Wildman–Crippen LogP) is 3.23. The molecule has 1 aliphatic rings. The van der Waals surface area contributed by atoms with E-state index < -0.39 is 0 Å². The molecule has 1 aliphatic heterocycles. The average molecular weight is 328 g/mol. The van der Waals surface area contributed by atoms with E-state index in [1.54, 1.807) is 0 Å². The third kappa shape index (κ3) is 3.04. The Morgan fingerprint density at radius 2 is 2.08 bits per heavy atom. The number of rotatable bonds is 4. The largest absolute Gasteiger partial charge is 0.339 e. The fourth-order valence-electron chi connectivity index (χ4n) is 3.97. The summed E-state index contributed by atoms with van der Waals surface area (Å²) in [5, 5.41) is 4.51. The Kier molecular flexibility index (Phi) is 4.61. The highest BCUT2D eigenvalue weighted by atomic mass is 16.2. The second kappa shape index (κ2) is 6.54. The highest BCUT2D eigenvalue weighted by molar-refractivity contribution is 5.77. The molecular formula is C19H28N4O. The summed E-state index contributed by atoms with van der Waals surface area (Å²) in [6.45, 7) is 11.4. The third-order valence-corrected chi connectivity index (χ3v) is 5.26. The number of likely N-dealkylation sites (tertiary alicyclic amines) is 1. The summed E-state index contributed by atoms with van der Waals surface area (Å²) in [5.41, 5.74) is 5.11. The van der Waals surface area contributed by atoms with Gasteiger partial charge < -0.3 is 4.90 Å². The second-order valence-corrected chi connectivity index (χ2v) is 7.36. The number of fused-ring (bicyclic) bond motifs is 1. The summed E-state index contributed by atoms with van der Waals surface area (Å²) in [7, 11) is 0. The first-order valence-corrected chi connectivity index (χ1v) is 9.00. The van der Waals surface area contributed by atoms with Crippen LogP contribution < -0.4 is 0 Å². The minimum Gasteiger partial charge on any atom is -0.339 e. The molecule has 0 aliphatic carbocycles. The summed E-state index contributed by atoms with van der Waals surface area (Å²) < 4.78 is 1.90. The standard InChI is InChI=1S/C19H28N4O/c1-12(2)17-7-6-10-22(17)19(24)9-8-16-14(4)20-18-11-13(3)21-23(18)15(16)5/h11-12,17H,6-10H2,1-5H3. The Morgan fingerprint density at radius 1 is 1.33 bits per heavy atom. The number of carbonyl (C=O) groups is 1. The van der Waals surface area contributed by atoms with Gasteiger partial charge in [0.1, 0.15) is 0 Å². The Hall–Kier alpha value is -1.91. The topological polar surface area (TPSA) is 50.5 Å². The van der Waals surface area contributed by atoms with Crippen LogP contribution >= 0.6 is 0 Å². The lowest BCUT2D eigenvalue weighted by Crippen LogP contribution is -2.38. The second-order valence-electron chi connectivity index (χ2n) is 7.36. The van der Waals surface area contributed by atoms with Gasteiger partial charge in [0.2, 0.25) is 5.91 Å². The highest BCUT2D eigenvalue weighted by Crippen LogP contribution is 2.25. The van der Waals surface area contributed by atoms with Crippen LogP contribution in [0.15, 0.2) is 6.07 Å². The fourth-order valence-corrected chi connectivity index (χ4v) is 3.97. The summed E-state index contributed by atoms with van der Waals surface area (Å²) in [5.74, 6) is 0.812. The summed E-state index contributed by atoms with van der Waals surface area (Å²) in [4.78, 5) is 19.5. The van der Waals surface area contributed by atoms with Crippen LogP contribution in [0.1, 0.15) is 55.8 Å². The zero-order valence-electron chi connectivity index (χ0n) is 15.5. The van der Waals surface area contributed by atoms with E-state index in [2.05, 4.69) is 35.8 Å². The number of aromatic nitrogens is 3. The molecule has 1 atom stereocenters. The maximum atomic E-state index is 12.7. The average Bonchev–Trinajstić information content (AvgIpc) is 3.13. The first kappa shape index (κ1) is 16.9. The first-order valence-electron chi connectivity index (χ1n) is 9.00. The smallest absolute Gasteiger partial charge is 0.223 e. The van der Waals surface area contributed by atoms with Gasteiger partial charge in [-0.05, 0) is 51.5 Å². The lowest BCUT2D eigenvalue weighted by Gasteiger charge is -2.28. The first-order chi connectivity index (χ1) is 11.4. The van der Waals surface area contributed by atoms with Gasteiger partial charge in [-0.15, -0.1) is 0 Å². The molecule has 0 bridgehead atoms. The Morgan fingerprint density at radius 3 is 2.79 bits per heavy atom. The van der Waals surface area contributed by atoms with Gasteiger partial charge in [-0.1, -0.05) is 13.8 Å². The SMILES string of the molecule is Cc1cc2nc(C)c(CCC(=O)N3CCCC3C(C)C)c(C)n2n1. The van der Waals surface area contributed by atoms with Crippen molar-refractivity contribution in [3.8, 4) is 0 Å². The number of nitrogens with zero attached hydrogens (tertiary/aromatic N) is 4. The Bertz CT molecular complexity index is 762. The maximum absolute atomic E-state index is 12.7. The van der Waals surface area contributed by atoms with Crippen molar-refractivity contribution in [1.29, 1.82) is 0 Å². The molecule has 3 rings (SSSR count). The van der Waals surface area contributed by atoms with Crippen molar-refractivity contribution in [2.75, 3.05) is 6.54 Å². The van der Waals surface area contributed by atoms with E-state index >= 15 is 0 Å². The van der Waals surface area contributed by atoms with Gasteiger partial charge in [0.05, 0.1) is 5.69 Å². The molecule has 5 heteroatoms. The lowest BCUT2D eigenvalue weighted by atomic mass is 10.0. The number of carbonyl (C=O) groups excluding carboxylic acids is 1. The van der Waals surface area contributed by atoms with Crippen LogP contribution in [-0.4, -0.2) is 38.0 Å². The van der Waals surface area contributed by atoms with Crippen molar-refractivity contribution in [2.24, 2.45) is 5.92 Å². The van der Waals surface area contributed by atoms with Gasteiger partial charge in [0, 0.05) is 36.5 Å². The summed E-state index contributed by atoms with van der Waals surface area (Å²) in [6, 6.07) is 2.40. The number of aryl methyl sites for hydroxylation is 3. The van der Waals surface area contributed by atoms with Gasteiger partial charge in [-0.2, -0.15) is 5.10 Å². The van der Waals surface area contributed by atoms with Crippen LogP contribution in [0.2, 0.25) is 0 Å². The molecule has 1 saturated heterocycles. The van der Waals surface area contributed by atoms with Crippen LogP contribution in [0.4, 0.5) is 0 Å². The molecule has 0 radical (unpaired) electrons. The quantitative estimate of drug-likeness (QED) is 0.866. The van der Waals surface area contributed by atoms with Crippen molar-refractivity contribution >= 4 is 11.6 Å². The minimum absolute atomic E-state index is 0.279. The molecule has 1 amide bonds. The van der Waals surface area contributed by atoms with Gasteiger partial charge in [-0.3, -0.25) is 4.79 Å². The zero-order valence-corrected chi connectivity index (χ0v) is 15.5. The molecule has 1 fully saturated rings. The van der Waals surface area contributed by atoms with Gasteiger partial charge >= 0.3 is 0 Å². The van der Waals surface area contributed by atoms with E-state index in [-0.39, 0.29) is 5.91 Å². The van der Waals surface area contributed by atoms with Crippen molar-refractivity contribution in [3.63, 3.8) is 0 Å². The molecule has 2 aromatic heterocycles. The monoisotopic (exact) mass is 328 g/mol. The molecule has 130 valence electrons. The molecule has 0 saturated carbocycles. The van der Waals surface area contributed by atoms with E-state index in [4.69, 9.17) is 0 Å². The normalized spacial score (nSPS) is 18.1. The lowest BCUT2D eigenvalue weighted by molar-refractivity contribution is -0.132. The maximum Gasteiger partial charge on any atom is 0.223 e. The van der Waals surface area contributed by atoms with Crippen LogP contribution in [-0.2, 0) is 11.2 Å². The number of hydrogen-bond acceptors (Lipinski definition) is 3. The molecule has 24 heavy (non-hydrogen) atoms. The molecule has 1 unspecified atom stereocenters. The van der Waals surface area contributed by atoms with Crippen molar-refractivity contribution in [2.45, 2.75) is 66.3 Å². The Balaban J connectivity index is 1.77. The molecule has 0 N–H and O–H groups in total. The van der Waals surface area contributed by atoms with Gasteiger partial charge in [-0.25, -0.2) is 9.50 Å². The molecule has 0 spiro atoms. The Labute approximate surface area is 144 Å². The third-order valence-electron chi connectivity index (χ3n) is 5.26. The predicted molar refractivity (Wildman–Crippen MR) is 95.1 cm³/mol. The fraction of sp³-hybridized carbons (Fsp3) is 0.632. The zero-order chi connectivity index (χ0) is 17.4.